The first-order chi connectivity index (χ1) is 29.5. The number of nitriles is 1. The molecule has 0 aliphatic carbocycles. The monoisotopic (exact) mass is 866 g/mol. The van der Waals surface area contributed by atoms with Crippen molar-refractivity contribution in [2.75, 3.05) is 17.4 Å². The largest absolute Gasteiger partial charge is 0.417 e. The number of nitrogens with one attached hydrogen (secondary N) is 2. The van der Waals surface area contributed by atoms with Crippen LogP contribution < -0.4 is 10.3 Å². The molecule has 0 saturated carbocycles. The van der Waals surface area contributed by atoms with Crippen LogP contribution in [0.25, 0.3) is 28.1 Å². The van der Waals surface area contributed by atoms with Crippen LogP contribution in [0.15, 0.2) is 84.0 Å². The average Bonchev–Trinajstić information content (AvgIpc) is 3.18. The third kappa shape index (κ3) is 11.0. The van der Waals surface area contributed by atoms with Crippen molar-refractivity contribution in [2.45, 2.75) is 74.2 Å². The van der Waals surface area contributed by atoms with Crippen LogP contribution in [-0.2, 0) is 18.8 Å². The lowest BCUT2D eigenvalue weighted by atomic mass is 9.89. The van der Waals surface area contributed by atoms with E-state index in [0.29, 0.717) is 82.0 Å². The molecule has 3 aromatic carbocycles. The Bertz CT molecular complexity index is 2650. The zero-order chi connectivity index (χ0) is 46.6. The fourth-order valence-electron chi connectivity index (χ4n) is 6.78. The summed E-state index contributed by atoms with van der Waals surface area (Å²) in [7, 11) is 1.57. The molecule has 2 N–H and O–H groups in total. The number of alkyl halides is 6. The molecule has 2 heterocycles. The van der Waals surface area contributed by atoms with Crippen molar-refractivity contribution < 1.29 is 26.3 Å². The maximum absolute atomic E-state index is 14.8. The van der Waals surface area contributed by atoms with E-state index in [1.165, 1.54) is 23.0 Å². The predicted molar refractivity (Wildman–Crippen MR) is 232 cm³/mol. The Hall–Kier alpha value is -7.29. The number of nitrogens with zero attached hydrogens (tertiary/aromatic N) is 10. The molecule has 0 radical (unpaired) electrons. The SMILES string of the molecule is C=C(/C=C(\C)c1nc(C)nc(C)n1)Nc1cc(C#N)c(-c2c(C(F)(F)F)cccc2C(F)(F)F)cc1N(c1cc(-c2nc(C)nc(C)n2)ccc1C/C=C\C)N(C)C(C)=NC(C)=N. The number of allylic oxidation sites excluding steroid dienone is 4. The second-order valence-corrected chi connectivity index (χ2v) is 14.4. The number of aliphatic imine (C=N–C) groups is 1. The van der Waals surface area contributed by atoms with Crippen molar-refractivity contribution in [2.24, 2.45) is 4.99 Å². The molecule has 0 unspecified atom stereocenters. The van der Waals surface area contributed by atoms with E-state index in [2.05, 4.69) is 46.8 Å². The summed E-state index contributed by atoms with van der Waals surface area (Å²) in [6.45, 7) is 17.5. The summed E-state index contributed by atoms with van der Waals surface area (Å²) in [4.78, 5) is 30.7. The third-order valence-electron chi connectivity index (χ3n) is 9.43. The van der Waals surface area contributed by atoms with Gasteiger partial charge in [0, 0.05) is 29.4 Å². The van der Waals surface area contributed by atoms with Crippen molar-refractivity contribution in [1.82, 2.24) is 34.9 Å². The van der Waals surface area contributed by atoms with Crippen molar-refractivity contribution in [3.05, 3.63) is 130 Å². The van der Waals surface area contributed by atoms with Gasteiger partial charge in [-0.05, 0) is 109 Å². The Balaban J connectivity index is 1.96. The van der Waals surface area contributed by atoms with Gasteiger partial charge in [-0.2, -0.15) is 31.6 Å². The third-order valence-corrected chi connectivity index (χ3v) is 9.43. The number of hydrazine groups is 1. The van der Waals surface area contributed by atoms with Crippen molar-refractivity contribution in [3.63, 3.8) is 0 Å². The molecule has 63 heavy (non-hydrogen) atoms. The highest BCUT2D eigenvalue weighted by molar-refractivity contribution is 5.96. The molecule has 5 aromatic rings. The number of anilines is 3. The minimum Gasteiger partial charge on any atom is -0.354 e. The molecule has 0 amide bonds. The van der Waals surface area contributed by atoms with Crippen LogP contribution in [0.3, 0.4) is 0 Å². The number of rotatable bonds is 11. The van der Waals surface area contributed by atoms with Gasteiger partial charge in [0.1, 0.15) is 35.0 Å². The topological polar surface area (TPSA) is 156 Å². The predicted octanol–water partition coefficient (Wildman–Crippen LogP) is 11.1. The maximum atomic E-state index is 14.8. The fourth-order valence-corrected chi connectivity index (χ4v) is 6.78. The number of benzene rings is 3. The van der Waals surface area contributed by atoms with Gasteiger partial charge in [-0.25, -0.2) is 34.9 Å². The van der Waals surface area contributed by atoms with E-state index in [0.717, 1.165) is 6.07 Å². The summed E-state index contributed by atoms with van der Waals surface area (Å²) in [5.41, 5.74) is -3.35. The average molecular weight is 867 g/mol. The highest BCUT2D eigenvalue weighted by atomic mass is 19.4. The Morgan fingerprint density at radius 2 is 1.41 bits per heavy atom. The van der Waals surface area contributed by atoms with Gasteiger partial charge < -0.3 is 5.32 Å². The van der Waals surface area contributed by atoms with E-state index < -0.39 is 40.2 Å². The van der Waals surface area contributed by atoms with Gasteiger partial charge in [0.15, 0.2) is 11.6 Å². The smallest absolute Gasteiger partial charge is 0.354 e. The summed E-state index contributed by atoms with van der Waals surface area (Å²) >= 11 is 0. The number of hydrogen-bond acceptors (Lipinski definition) is 10. The van der Waals surface area contributed by atoms with E-state index in [1.807, 2.05) is 25.1 Å². The summed E-state index contributed by atoms with van der Waals surface area (Å²) in [5, 5.41) is 24.9. The summed E-state index contributed by atoms with van der Waals surface area (Å²) in [5.74, 6) is 2.55. The Morgan fingerprint density at radius 1 is 0.841 bits per heavy atom. The summed E-state index contributed by atoms with van der Waals surface area (Å²) < 4.78 is 89.1. The van der Waals surface area contributed by atoms with Gasteiger partial charge in [0.25, 0.3) is 0 Å². The minimum atomic E-state index is -5.27. The number of halogens is 6. The molecule has 0 atom stereocenters. The molecule has 2 aromatic heterocycles. The first-order valence-corrected chi connectivity index (χ1v) is 19.3. The van der Waals surface area contributed by atoms with Crippen molar-refractivity contribution in [1.29, 1.82) is 10.7 Å². The molecular formula is C45H44F6N12. The molecule has 0 spiro atoms. The van der Waals surface area contributed by atoms with Crippen LogP contribution >= 0.6 is 0 Å². The van der Waals surface area contributed by atoms with Crippen molar-refractivity contribution >= 4 is 34.3 Å². The van der Waals surface area contributed by atoms with Crippen LogP contribution in [0.4, 0.5) is 43.4 Å². The quantitative estimate of drug-likeness (QED) is 0.0327. The molecule has 326 valence electrons. The Morgan fingerprint density at radius 3 is 1.94 bits per heavy atom. The summed E-state index contributed by atoms with van der Waals surface area (Å²) in [6, 6.07) is 11.2. The van der Waals surface area contributed by atoms with E-state index in [4.69, 9.17) is 5.41 Å². The molecule has 0 aliphatic heterocycles. The first kappa shape index (κ1) is 46.8. The van der Waals surface area contributed by atoms with Gasteiger partial charge in [0.2, 0.25) is 0 Å². The molecule has 5 rings (SSSR count). The second-order valence-electron chi connectivity index (χ2n) is 14.4. The van der Waals surface area contributed by atoms with Crippen LogP contribution in [-0.4, -0.2) is 53.6 Å². The highest BCUT2D eigenvalue weighted by Crippen LogP contribution is 2.48. The van der Waals surface area contributed by atoms with Gasteiger partial charge in [-0.3, -0.25) is 15.4 Å². The Kier molecular flexibility index (Phi) is 13.9. The number of hydrogen-bond donors (Lipinski definition) is 2. The van der Waals surface area contributed by atoms with Crippen LogP contribution in [0.1, 0.15) is 79.1 Å². The first-order valence-electron chi connectivity index (χ1n) is 19.3. The molecular weight excluding hydrogens is 823 g/mol. The zero-order valence-corrected chi connectivity index (χ0v) is 36.0. The van der Waals surface area contributed by atoms with Crippen LogP contribution in [0.5, 0.6) is 0 Å². The van der Waals surface area contributed by atoms with E-state index >= 15 is 0 Å². The normalized spacial score (nSPS) is 12.3. The summed E-state index contributed by atoms with van der Waals surface area (Å²) in [6.07, 6.45) is -4.93. The molecule has 0 bridgehead atoms. The standard InChI is InChI=1S/C45H44F6N12/c1-11-12-14-32-17-18-33(43-60-29(7)57-30(8)61-43)21-39(32)63(62(10)31(9)55-26(4)53)40-22-35(41-36(44(46,47)48)15-13-16-37(41)45(49,50)51)34(23-52)20-38(40)54-25(3)19-24(2)42-58-27(5)56-28(6)59-42/h11-13,15-22,53-54H,3,14H2,1-2,4-10H3/b12-11-,24-19+,53-26?,55-31?. The number of amidine groups is 2. The van der Waals surface area contributed by atoms with Crippen LogP contribution in [0, 0.1) is 44.4 Å². The maximum Gasteiger partial charge on any atom is 0.417 e. The highest BCUT2D eigenvalue weighted by Gasteiger charge is 2.42. The molecule has 18 heteroatoms. The molecule has 0 fully saturated rings. The van der Waals surface area contributed by atoms with Crippen LogP contribution in [0.2, 0.25) is 0 Å². The van der Waals surface area contributed by atoms with Crippen molar-refractivity contribution in [3.8, 4) is 28.6 Å². The Labute approximate surface area is 361 Å². The molecule has 0 saturated heterocycles. The molecule has 12 nitrogen and oxygen atoms in total. The molecule has 0 aliphatic rings. The lowest BCUT2D eigenvalue weighted by Crippen LogP contribution is -2.41. The van der Waals surface area contributed by atoms with Gasteiger partial charge >= 0.3 is 12.4 Å². The number of aromatic nitrogens is 6. The fraction of sp³-hybridized carbons (Fsp3) is 0.267. The zero-order valence-electron chi connectivity index (χ0n) is 36.0. The lowest BCUT2D eigenvalue weighted by molar-refractivity contribution is -0.142. The van der Waals surface area contributed by atoms with Gasteiger partial charge in [-0.15, -0.1) is 0 Å². The van der Waals surface area contributed by atoms with Gasteiger partial charge in [-0.1, -0.05) is 36.9 Å². The van der Waals surface area contributed by atoms with E-state index in [9.17, 15) is 31.6 Å². The number of aryl methyl sites for hydroxylation is 4. The van der Waals surface area contributed by atoms with Gasteiger partial charge in [0.05, 0.1) is 39.8 Å². The lowest BCUT2D eigenvalue weighted by Gasteiger charge is -2.38. The minimum absolute atomic E-state index is 0.0327. The van der Waals surface area contributed by atoms with E-state index in [1.54, 1.807) is 72.9 Å². The van der Waals surface area contributed by atoms with E-state index in [-0.39, 0.29) is 28.7 Å². The second kappa shape index (κ2) is 18.8.